The average molecular weight is 265 g/mol. The van der Waals surface area contributed by atoms with E-state index in [0.29, 0.717) is 0 Å². The molecule has 1 rings (SSSR count). The van der Waals surface area contributed by atoms with E-state index in [1.165, 1.54) is 7.05 Å². The van der Waals surface area contributed by atoms with Crippen molar-refractivity contribution in [3.05, 3.63) is 35.4 Å². The standard InChI is InChI=1S/C11H14F2N2O.ClH/c1-7(11(16)14-2)15-6-8-5-9(12)3-4-10(8)13;/h3-5,7,15H,6H2,1-2H3,(H,14,16);1H/t7-;/m1./s1. The topological polar surface area (TPSA) is 41.1 Å². The second-order valence-corrected chi connectivity index (χ2v) is 3.45. The zero-order valence-electron chi connectivity index (χ0n) is 9.59. The lowest BCUT2D eigenvalue weighted by molar-refractivity contribution is -0.122. The summed E-state index contributed by atoms with van der Waals surface area (Å²) in [5, 5.41) is 5.26. The summed E-state index contributed by atoms with van der Waals surface area (Å²) in [5.41, 5.74) is 0.204. The zero-order chi connectivity index (χ0) is 12.1. The lowest BCUT2D eigenvalue weighted by Gasteiger charge is -2.12. The predicted octanol–water partition coefficient (Wildman–Crippen LogP) is 1.61. The van der Waals surface area contributed by atoms with E-state index < -0.39 is 17.7 Å². The molecule has 0 bridgehead atoms. The zero-order valence-corrected chi connectivity index (χ0v) is 10.4. The van der Waals surface area contributed by atoms with Crippen LogP contribution >= 0.6 is 12.4 Å². The van der Waals surface area contributed by atoms with Gasteiger partial charge in [0.1, 0.15) is 11.6 Å². The molecular weight excluding hydrogens is 250 g/mol. The summed E-state index contributed by atoms with van der Waals surface area (Å²) < 4.78 is 26.0. The third-order valence-electron chi connectivity index (χ3n) is 2.25. The Morgan fingerprint density at radius 3 is 2.65 bits per heavy atom. The van der Waals surface area contributed by atoms with Crippen molar-refractivity contribution >= 4 is 18.3 Å². The summed E-state index contributed by atoms with van der Waals surface area (Å²) >= 11 is 0. The van der Waals surface area contributed by atoms with Gasteiger partial charge in [-0.2, -0.15) is 0 Å². The first-order valence-corrected chi connectivity index (χ1v) is 4.93. The van der Waals surface area contributed by atoms with E-state index in [1.54, 1.807) is 6.92 Å². The van der Waals surface area contributed by atoms with E-state index in [1.807, 2.05) is 0 Å². The fourth-order valence-electron chi connectivity index (χ4n) is 1.25. The number of carbonyl (C=O) groups is 1. The van der Waals surface area contributed by atoms with Gasteiger partial charge in [0.25, 0.3) is 0 Å². The number of hydrogen-bond donors (Lipinski definition) is 2. The van der Waals surface area contributed by atoms with Crippen LogP contribution in [0.4, 0.5) is 8.78 Å². The highest BCUT2D eigenvalue weighted by molar-refractivity contribution is 5.85. The highest BCUT2D eigenvalue weighted by atomic mass is 35.5. The van der Waals surface area contributed by atoms with Gasteiger partial charge in [-0.25, -0.2) is 8.78 Å². The highest BCUT2D eigenvalue weighted by Gasteiger charge is 2.11. The first-order chi connectivity index (χ1) is 7.54. The minimum absolute atomic E-state index is 0. The highest BCUT2D eigenvalue weighted by Crippen LogP contribution is 2.09. The Kier molecular flexibility index (Phi) is 6.68. The van der Waals surface area contributed by atoms with Crippen molar-refractivity contribution in [3.8, 4) is 0 Å². The second kappa shape index (κ2) is 7.19. The van der Waals surface area contributed by atoms with Gasteiger partial charge in [-0.1, -0.05) is 0 Å². The van der Waals surface area contributed by atoms with Crippen LogP contribution in [-0.2, 0) is 11.3 Å². The summed E-state index contributed by atoms with van der Waals surface area (Å²) in [7, 11) is 1.52. The quantitative estimate of drug-likeness (QED) is 0.868. The molecule has 0 unspecified atom stereocenters. The van der Waals surface area contributed by atoms with E-state index in [0.717, 1.165) is 18.2 Å². The molecule has 0 saturated heterocycles. The van der Waals surface area contributed by atoms with E-state index in [-0.39, 0.29) is 30.4 Å². The largest absolute Gasteiger partial charge is 0.358 e. The normalized spacial score (nSPS) is 11.5. The van der Waals surface area contributed by atoms with Crippen molar-refractivity contribution in [1.29, 1.82) is 0 Å². The number of nitrogens with one attached hydrogen (secondary N) is 2. The van der Waals surface area contributed by atoms with Gasteiger partial charge in [0.05, 0.1) is 6.04 Å². The number of amides is 1. The molecule has 6 heteroatoms. The molecule has 0 aromatic heterocycles. The summed E-state index contributed by atoms with van der Waals surface area (Å²) in [6.45, 7) is 1.76. The molecule has 0 aliphatic heterocycles. The van der Waals surface area contributed by atoms with Gasteiger partial charge < -0.3 is 10.6 Å². The maximum absolute atomic E-state index is 13.2. The fraction of sp³-hybridized carbons (Fsp3) is 0.364. The molecule has 1 atom stereocenters. The van der Waals surface area contributed by atoms with Gasteiger partial charge in [-0.15, -0.1) is 12.4 Å². The number of likely N-dealkylation sites (N-methyl/N-ethyl adjacent to an activating group) is 1. The number of halogens is 3. The SMILES string of the molecule is CNC(=O)[C@@H](C)NCc1cc(F)ccc1F.Cl. The Balaban J connectivity index is 0.00000256. The van der Waals surface area contributed by atoms with Gasteiger partial charge >= 0.3 is 0 Å². The van der Waals surface area contributed by atoms with Crippen LogP contribution in [0.15, 0.2) is 18.2 Å². The Morgan fingerprint density at radius 2 is 2.06 bits per heavy atom. The predicted molar refractivity (Wildman–Crippen MR) is 64.0 cm³/mol. The molecule has 3 nitrogen and oxygen atoms in total. The van der Waals surface area contributed by atoms with Gasteiger partial charge in [-0.3, -0.25) is 4.79 Å². The average Bonchev–Trinajstić information content (AvgIpc) is 2.28. The van der Waals surface area contributed by atoms with Crippen LogP contribution in [-0.4, -0.2) is 19.0 Å². The Hall–Kier alpha value is -1.20. The lowest BCUT2D eigenvalue weighted by atomic mass is 10.2. The Labute approximate surface area is 105 Å². The molecule has 96 valence electrons. The minimum atomic E-state index is -0.495. The molecular formula is C11H15ClF2N2O. The van der Waals surface area contributed by atoms with Crippen molar-refractivity contribution in [1.82, 2.24) is 10.6 Å². The third-order valence-corrected chi connectivity index (χ3v) is 2.25. The first-order valence-electron chi connectivity index (χ1n) is 4.93. The molecule has 0 saturated carbocycles. The molecule has 0 spiro atoms. The maximum atomic E-state index is 13.2. The summed E-state index contributed by atoms with van der Waals surface area (Å²) in [6, 6.07) is 2.78. The second-order valence-electron chi connectivity index (χ2n) is 3.45. The molecule has 2 N–H and O–H groups in total. The van der Waals surface area contributed by atoms with Crippen LogP contribution in [0.5, 0.6) is 0 Å². The lowest BCUT2D eigenvalue weighted by Crippen LogP contribution is -2.40. The third kappa shape index (κ3) is 4.66. The Morgan fingerprint density at radius 1 is 1.41 bits per heavy atom. The van der Waals surface area contributed by atoms with Crippen LogP contribution < -0.4 is 10.6 Å². The monoisotopic (exact) mass is 264 g/mol. The van der Waals surface area contributed by atoms with E-state index >= 15 is 0 Å². The van der Waals surface area contributed by atoms with E-state index in [4.69, 9.17) is 0 Å². The van der Waals surface area contributed by atoms with Crippen LogP contribution in [0.1, 0.15) is 12.5 Å². The molecule has 1 aromatic rings. The van der Waals surface area contributed by atoms with E-state index in [2.05, 4.69) is 10.6 Å². The van der Waals surface area contributed by atoms with Crippen molar-refractivity contribution in [2.24, 2.45) is 0 Å². The van der Waals surface area contributed by atoms with Gasteiger partial charge in [-0.05, 0) is 25.1 Å². The molecule has 17 heavy (non-hydrogen) atoms. The number of benzene rings is 1. The summed E-state index contributed by atoms with van der Waals surface area (Å²) in [6.07, 6.45) is 0. The van der Waals surface area contributed by atoms with Crippen molar-refractivity contribution in [2.75, 3.05) is 7.05 Å². The molecule has 0 radical (unpaired) electrons. The molecule has 0 aliphatic rings. The molecule has 1 amide bonds. The van der Waals surface area contributed by atoms with Gasteiger partial charge in [0.2, 0.25) is 5.91 Å². The summed E-state index contributed by atoms with van der Waals surface area (Å²) in [5.74, 6) is -1.18. The summed E-state index contributed by atoms with van der Waals surface area (Å²) in [4.78, 5) is 11.1. The van der Waals surface area contributed by atoms with E-state index in [9.17, 15) is 13.6 Å². The van der Waals surface area contributed by atoms with Gasteiger partial charge in [0, 0.05) is 19.2 Å². The number of rotatable bonds is 4. The van der Waals surface area contributed by atoms with Gasteiger partial charge in [0.15, 0.2) is 0 Å². The molecule has 1 aromatic carbocycles. The molecule has 0 aliphatic carbocycles. The van der Waals surface area contributed by atoms with Crippen LogP contribution in [0, 0.1) is 11.6 Å². The molecule has 0 fully saturated rings. The fourth-order valence-corrected chi connectivity index (χ4v) is 1.25. The van der Waals surface area contributed by atoms with Crippen molar-refractivity contribution < 1.29 is 13.6 Å². The van der Waals surface area contributed by atoms with Crippen LogP contribution in [0.3, 0.4) is 0 Å². The van der Waals surface area contributed by atoms with Crippen LogP contribution in [0.25, 0.3) is 0 Å². The first kappa shape index (κ1) is 15.8. The molecule has 0 heterocycles. The van der Waals surface area contributed by atoms with Crippen molar-refractivity contribution in [3.63, 3.8) is 0 Å². The Bertz CT molecular complexity index is 388. The maximum Gasteiger partial charge on any atom is 0.236 e. The smallest absolute Gasteiger partial charge is 0.236 e. The number of hydrogen-bond acceptors (Lipinski definition) is 2. The van der Waals surface area contributed by atoms with Crippen LogP contribution in [0.2, 0.25) is 0 Å². The number of carbonyl (C=O) groups excluding carboxylic acids is 1. The minimum Gasteiger partial charge on any atom is -0.358 e. The van der Waals surface area contributed by atoms with Crippen molar-refractivity contribution in [2.45, 2.75) is 19.5 Å².